The number of pyridine rings is 1. The van der Waals surface area contributed by atoms with Crippen LogP contribution in [0.2, 0.25) is 0 Å². The number of aromatic nitrogens is 1. The molecule has 0 aliphatic heterocycles. The van der Waals surface area contributed by atoms with Crippen molar-refractivity contribution in [1.82, 2.24) is 0 Å². The summed E-state index contributed by atoms with van der Waals surface area (Å²) in [5.74, 6) is 0. The monoisotopic (exact) mass is 355 g/mol. The molecule has 1 aromatic heterocycles. The zero-order valence-electron chi connectivity index (χ0n) is 15.7. The van der Waals surface area contributed by atoms with Gasteiger partial charge < -0.3 is 17.5 Å². The van der Waals surface area contributed by atoms with Crippen molar-refractivity contribution in [2.75, 3.05) is 6.61 Å². The molecule has 3 heteroatoms. The number of aliphatic hydroxyl groups is 1. The van der Waals surface area contributed by atoms with Crippen molar-refractivity contribution >= 4 is 0 Å². The summed E-state index contributed by atoms with van der Waals surface area (Å²) in [5, 5.41) is 8.75. The second-order valence-corrected chi connectivity index (χ2v) is 6.75. The van der Waals surface area contributed by atoms with E-state index in [1.165, 1.54) is 89.3 Å². The number of rotatable bonds is 15. The fourth-order valence-electron chi connectivity index (χ4n) is 3.14. The van der Waals surface area contributed by atoms with Gasteiger partial charge >= 0.3 is 0 Å². The summed E-state index contributed by atoms with van der Waals surface area (Å²) in [6, 6.07) is 6.64. The third-order valence-corrected chi connectivity index (χ3v) is 4.63. The highest BCUT2D eigenvalue weighted by Gasteiger charge is 2.08. The number of halogens is 1. The molecule has 0 saturated heterocycles. The predicted molar refractivity (Wildman–Crippen MR) is 98.5 cm³/mol. The maximum atomic E-state index is 8.75. The maximum absolute atomic E-state index is 8.75. The number of unbranched alkanes of at least 4 members (excludes halogenated alkanes) is 10. The fraction of sp³-hybridized carbons (Fsp3) is 0.762. The van der Waals surface area contributed by atoms with Crippen molar-refractivity contribution in [3.05, 3.63) is 30.1 Å². The Morgan fingerprint density at radius 2 is 1.42 bits per heavy atom. The van der Waals surface area contributed by atoms with Gasteiger partial charge in [-0.05, 0) is 19.3 Å². The first-order valence-electron chi connectivity index (χ1n) is 9.96. The van der Waals surface area contributed by atoms with Crippen molar-refractivity contribution in [2.24, 2.45) is 0 Å². The molecule has 0 bridgehead atoms. The van der Waals surface area contributed by atoms with Gasteiger partial charge in [-0.25, -0.2) is 4.57 Å². The van der Waals surface area contributed by atoms with E-state index in [1.54, 1.807) is 0 Å². The Bertz CT molecular complexity index is 384. The highest BCUT2D eigenvalue weighted by Crippen LogP contribution is 2.09. The predicted octanol–water partition coefficient (Wildman–Crippen LogP) is 2.21. The zero-order chi connectivity index (χ0) is 16.6. The third kappa shape index (κ3) is 11.9. The van der Waals surface area contributed by atoms with Crippen LogP contribution in [0.15, 0.2) is 24.4 Å². The first-order valence-corrected chi connectivity index (χ1v) is 9.96. The van der Waals surface area contributed by atoms with Crippen molar-refractivity contribution < 1.29 is 22.1 Å². The Hall–Kier alpha value is -0.600. The molecule has 0 amide bonds. The lowest BCUT2D eigenvalue weighted by molar-refractivity contribution is -0.704. The number of aryl methyl sites for hydroxylation is 2. The van der Waals surface area contributed by atoms with E-state index < -0.39 is 0 Å². The first kappa shape index (κ1) is 23.4. The second kappa shape index (κ2) is 17.2. The van der Waals surface area contributed by atoms with Crippen molar-refractivity contribution in [1.29, 1.82) is 0 Å². The van der Waals surface area contributed by atoms with Gasteiger partial charge in [0, 0.05) is 31.6 Å². The Morgan fingerprint density at radius 1 is 0.792 bits per heavy atom. The SMILES string of the molecule is CCCCCCc1cccc[n+]1CCCCCCCCCCO.[Cl-]. The lowest BCUT2D eigenvalue weighted by Gasteiger charge is -2.04. The molecule has 1 N–H and O–H groups in total. The standard InChI is InChI=1S/C21H38NO.ClH/c1-2-3-4-11-16-21-17-12-14-19-22(21)18-13-9-7-5-6-8-10-15-20-23;/h12,14,17,19,23H,2-11,13,15-16,18,20H2,1H3;1H/q+1;/p-1. The van der Waals surface area contributed by atoms with Gasteiger partial charge in [0.2, 0.25) is 0 Å². The van der Waals surface area contributed by atoms with Crippen LogP contribution in [0.4, 0.5) is 0 Å². The van der Waals surface area contributed by atoms with Gasteiger partial charge in [-0.15, -0.1) is 0 Å². The molecule has 0 unspecified atom stereocenters. The summed E-state index contributed by atoms with van der Waals surface area (Å²) < 4.78 is 2.47. The van der Waals surface area contributed by atoms with E-state index in [4.69, 9.17) is 5.11 Å². The molecule has 1 rings (SSSR count). The van der Waals surface area contributed by atoms with Gasteiger partial charge in [0.15, 0.2) is 11.9 Å². The number of hydrogen-bond donors (Lipinski definition) is 1. The highest BCUT2D eigenvalue weighted by atomic mass is 35.5. The van der Waals surface area contributed by atoms with Crippen LogP contribution >= 0.6 is 0 Å². The second-order valence-electron chi connectivity index (χ2n) is 6.75. The van der Waals surface area contributed by atoms with E-state index >= 15 is 0 Å². The molecule has 140 valence electrons. The normalized spacial score (nSPS) is 10.6. The molecule has 0 fully saturated rings. The molecule has 0 aliphatic rings. The van der Waals surface area contributed by atoms with Crippen LogP contribution in [0.3, 0.4) is 0 Å². The summed E-state index contributed by atoms with van der Waals surface area (Å²) in [4.78, 5) is 0. The lowest BCUT2D eigenvalue weighted by Crippen LogP contribution is -3.00. The summed E-state index contributed by atoms with van der Waals surface area (Å²) in [7, 11) is 0. The molecule has 0 spiro atoms. The zero-order valence-corrected chi connectivity index (χ0v) is 16.4. The molecule has 0 radical (unpaired) electrons. The lowest BCUT2D eigenvalue weighted by atomic mass is 10.1. The van der Waals surface area contributed by atoms with E-state index in [1.807, 2.05) is 0 Å². The van der Waals surface area contributed by atoms with Crippen LogP contribution in [-0.2, 0) is 13.0 Å². The summed E-state index contributed by atoms with van der Waals surface area (Å²) in [6.45, 7) is 3.80. The quantitative estimate of drug-likeness (QED) is 0.378. The smallest absolute Gasteiger partial charge is 0.181 e. The maximum Gasteiger partial charge on any atom is 0.181 e. The Kier molecular flexibility index (Phi) is 16.8. The number of hydrogen-bond acceptors (Lipinski definition) is 1. The largest absolute Gasteiger partial charge is 1.00 e. The minimum absolute atomic E-state index is 0. The molecule has 0 saturated carbocycles. The van der Waals surface area contributed by atoms with Gasteiger partial charge in [-0.2, -0.15) is 0 Å². The molecule has 24 heavy (non-hydrogen) atoms. The Morgan fingerprint density at radius 3 is 2.08 bits per heavy atom. The van der Waals surface area contributed by atoms with Crippen LogP contribution in [-0.4, -0.2) is 11.7 Å². The summed E-state index contributed by atoms with van der Waals surface area (Å²) in [6.07, 6.45) is 19.0. The molecular formula is C21H38ClNO. The summed E-state index contributed by atoms with van der Waals surface area (Å²) in [5.41, 5.74) is 1.51. The van der Waals surface area contributed by atoms with E-state index in [9.17, 15) is 0 Å². The van der Waals surface area contributed by atoms with Crippen LogP contribution in [0.1, 0.15) is 89.7 Å². The third-order valence-electron chi connectivity index (χ3n) is 4.63. The highest BCUT2D eigenvalue weighted by molar-refractivity contribution is 4.97. The molecule has 2 nitrogen and oxygen atoms in total. The fourth-order valence-corrected chi connectivity index (χ4v) is 3.14. The van der Waals surface area contributed by atoms with E-state index in [0.29, 0.717) is 6.61 Å². The van der Waals surface area contributed by atoms with Crippen LogP contribution in [0.5, 0.6) is 0 Å². The minimum Gasteiger partial charge on any atom is -1.00 e. The van der Waals surface area contributed by atoms with E-state index in [-0.39, 0.29) is 12.4 Å². The molecule has 0 aromatic carbocycles. The number of aliphatic hydroxyl groups excluding tert-OH is 1. The molecule has 0 aliphatic carbocycles. The Balaban J connectivity index is 0.00000529. The van der Waals surface area contributed by atoms with Crippen LogP contribution in [0, 0.1) is 0 Å². The summed E-state index contributed by atoms with van der Waals surface area (Å²) >= 11 is 0. The van der Waals surface area contributed by atoms with Crippen molar-refractivity contribution in [2.45, 2.75) is 96.9 Å². The number of nitrogens with zero attached hydrogens (tertiary/aromatic N) is 1. The van der Waals surface area contributed by atoms with Gasteiger partial charge in [0.25, 0.3) is 0 Å². The van der Waals surface area contributed by atoms with Crippen LogP contribution < -0.4 is 17.0 Å². The average Bonchev–Trinajstić information content (AvgIpc) is 2.58. The average molecular weight is 356 g/mol. The van der Waals surface area contributed by atoms with E-state index in [2.05, 4.69) is 35.9 Å². The van der Waals surface area contributed by atoms with Crippen LogP contribution in [0.25, 0.3) is 0 Å². The molecule has 1 aromatic rings. The minimum atomic E-state index is 0. The Labute approximate surface area is 156 Å². The van der Waals surface area contributed by atoms with E-state index in [0.717, 1.165) is 6.42 Å². The topological polar surface area (TPSA) is 24.1 Å². The first-order chi connectivity index (χ1) is 11.4. The van der Waals surface area contributed by atoms with Gasteiger partial charge in [0.1, 0.15) is 6.54 Å². The van der Waals surface area contributed by atoms with Crippen molar-refractivity contribution in [3.63, 3.8) is 0 Å². The molecule has 0 atom stereocenters. The molecular weight excluding hydrogens is 318 g/mol. The van der Waals surface area contributed by atoms with Crippen molar-refractivity contribution in [3.8, 4) is 0 Å². The molecule has 1 heterocycles. The van der Waals surface area contributed by atoms with Gasteiger partial charge in [-0.1, -0.05) is 64.4 Å². The van der Waals surface area contributed by atoms with Gasteiger partial charge in [-0.3, -0.25) is 0 Å². The van der Waals surface area contributed by atoms with Gasteiger partial charge in [0.05, 0.1) is 0 Å².